The van der Waals surface area contributed by atoms with Gasteiger partial charge in [-0.3, -0.25) is 9.58 Å². The predicted molar refractivity (Wildman–Crippen MR) is 76.9 cm³/mol. The van der Waals surface area contributed by atoms with Crippen LogP contribution in [0.2, 0.25) is 0 Å². The Morgan fingerprint density at radius 3 is 2.84 bits per heavy atom. The van der Waals surface area contributed by atoms with Crippen LogP contribution >= 0.6 is 0 Å². The molecule has 0 bridgehead atoms. The molecule has 2 saturated heterocycles. The van der Waals surface area contributed by atoms with Crippen LogP contribution in [0.3, 0.4) is 0 Å². The fourth-order valence-electron chi connectivity index (χ4n) is 3.74. The van der Waals surface area contributed by atoms with Crippen molar-refractivity contribution in [2.45, 2.75) is 44.7 Å². The molecule has 4 heteroatoms. The lowest BCUT2D eigenvalue weighted by Crippen LogP contribution is -2.47. The Hall–Kier alpha value is -0.870. The molecule has 2 aliphatic heterocycles. The molecule has 19 heavy (non-hydrogen) atoms. The van der Waals surface area contributed by atoms with E-state index in [0.29, 0.717) is 0 Å². The van der Waals surface area contributed by atoms with Crippen molar-refractivity contribution in [3.8, 4) is 0 Å². The maximum atomic E-state index is 4.30. The fraction of sp³-hybridized carbons (Fsp3) is 0.800. The lowest BCUT2D eigenvalue weighted by atomic mass is 9.84. The first-order valence-corrected chi connectivity index (χ1v) is 7.76. The third-order valence-corrected chi connectivity index (χ3v) is 4.88. The molecular weight excluding hydrogens is 236 g/mol. The Labute approximate surface area is 116 Å². The highest BCUT2D eigenvalue weighted by Crippen LogP contribution is 2.29. The van der Waals surface area contributed by atoms with Gasteiger partial charge >= 0.3 is 0 Å². The smallest absolute Gasteiger partial charge is 0.0521 e. The Kier molecular flexibility index (Phi) is 4.18. The highest BCUT2D eigenvalue weighted by molar-refractivity contribution is 5.01. The van der Waals surface area contributed by atoms with Crippen LogP contribution in [-0.2, 0) is 13.6 Å². The number of aryl methyl sites for hydroxylation is 1. The van der Waals surface area contributed by atoms with Crippen LogP contribution in [0.25, 0.3) is 0 Å². The van der Waals surface area contributed by atoms with E-state index >= 15 is 0 Å². The minimum absolute atomic E-state index is 0.797. The van der Waals surface area contributed by atoms with Gasteiger partial charge in [-0.15, -0.1) is 0 Å². The van der Waals surface area contributed by atoms with Crippen molar-refractivity contribution >= 4 is 0 Å². The van der Waals surface area contributed by atoms with Gasteiger partial charge in [0.1, 0.15) is 0 Å². The van der Waals surface area contributed by atoms with E-state index in [1.165, 1.54) is 57.4 Å². The second kappa shape index (κ2) is 6.06. The van der Waals surface area contributed by atoms with E-state index in [1.807, 2.05) is 10.9 Å². The fourth-order valence-corrected chi connectivity index (χ4v) is 3.74. The van der Waals surface area contributed by atoms with Crippen LogP contribution in [0.15, 0.2) is 12.3 Å². The summed E-state index contributed by atoms with van der Waals surface area (Å²) in [6.07, 6.45) is 8.79. The molecule has 1 atom stereocenters. The van der Waals surface area contributed by atoms with E-state index in [9.17, 15) is 0 Å². The van der Waals surface area contributed by atoms with Gasteiger partial charge < -0.3 is 5.32 Å². The summed E-state index contributed by atoms with van der Waals surface area (Å²) in [4.78, 5) is 2.72. The minimum atomic E-state index is 0.797. The molecule has 1 aromatic rings. The first-order valence-electron chi connectivity index (χ1n) is 7.76. The zero-order valence-electron chi connectivity index (χ0n) is 12.0. The number of likely N-dealkylation sites (tertiary alicyclic amines) is 1. The third kappa shape index (κ3) is 3.00. The quantitative estimate of drug-likeness (QED) is 0.901. The molecule has 1 unspecified atom stereocenters. The van der Waals surface area contributed by atoms with Gasteiger partial charge in [0.2, 0.25) is 0 Å². The Balaban J connectivity index is 1.68. The third-order valence-electron chi connectivity index (χ3n) is 4.88. The van der Waals surface area contributed by atoms with Gasteiger partial charge in [-0.1, -0.05) is 6.42 Å². The molecule has 1 N–H and O–H groups in total. The molecule has 0 spiro atoms. The van der Waals surface area contributed by atoms with E-state index in [2.05, 4.69) is 28.4 Å². The number of rotatable bonds is 3. The van der Waals surface area contributed by atoms with Crippen molar-refractivity contribution in [1.82, 2.24) is 20.0 Å². The van der Waals surface area contributed by atoms with Gasteiger partial charge in [-0.05, 0) is 57.3 Å². The second-order valence-electron chi connectivity index (χ2n) is 6.07. The molecular formula is C15H26N4. The van der Waals surface area contributed by atoms with E-state index in [4.69, 9.17) is 0 Å². The molecule has 0 saturated carbocycles. The van der Waals surface area contributed by atoms with Crippen molar-refractivity contribution in [3.05, 3.63) is 18.0 Å². The normalized spacial score (nSPS) is 26.7. The number of hydrogen-bond donors (Lipinski definition) is 1. The van der Waals surface area contributed by atoms with Gasteiger partial charge in [0, 0.05) is 25.8 Å². The van der Waals surface area contributed by atoms with Crippen LogP contribution in [0.1, 0.15) is 37.8 Å². The summed E-state index contributed by atoms with van der Waals surface area (Å²) in [5, 5.41) is 7.79. The first-order chi connectivity index (χ1) is 9.34. The molecule has 0 radical (unpaired) electrons. The summed E-state index contributed by atoms with van der Waals surface area (Å²) in [7, 11) is 2.05. The molecule has 0 aliphatic carbocycles. The molecule has 1 aromatic heterocycles. The summed E-state index contributed by atoms with van der Waals surface area (Å²) >= 11 is 0. The molecule has 106 valence electrons. The van der Waals surface area contributed by atoms with Gasteiger partial charge in [-0.2, -0.15) is 5.10 Å². The highest BCUT2D eigenvalue weighted by Gasteiger charge is 2.30. The zero-order chi connectivity index (χ0) is 13.1. The molecule has 2 aliphatic rings. The first kappa shape index (κ1) is 13.1. The topological polar surface area (TPSA) is 33.1 Å². The lowest BCUT2D eigenvalue weighted by Gasteiger charge is -2.42. The summed E-state index contributed by atoms with van der Waals surface area (Å²) in [6, 6.07) is 2.96. The summed E-state index contributed by atoms with van der Waals surface area (Å²) in [6.45, 7) is 4.76. The van der Waals surface area contributed by atoms with Gasteiger partial charge in [0.25, 0.3) is 0 Å². The van der Waals surface area contributed by atoms with E-state index in [-0.39, 0.29) is 0 Å². The molecule has 0 amide bonds. The Morgan fingerprint density at radius 1 is 1.26 bits per heavy atom. The average Bonchev–Trinajstić information content (AvgIpc) is 2.86. The van der Waals surface area contributed by atoms with E-state index < -0.39 is 0 Å². The Bertz CT molecular complexity index is 395. The van der Waals surface area contributed by atoms with Gasteiger partial charge in [0.05, 0.1) is 5.69 Å². The molecule has 2 fully saturated rings. The second-order valence-corrected chi connectivity index (χ2v) is 6.07. The standard InChI is InChI=1S/C15H26N4/c1-18-14(7-10-17-18)12-19-11-3-2-4-15(19)13-5-8-16-9-6-13/h7,10,13,15-16H,2-6,8-9,11-12H2,1H3. The van der Waals surface area contributed by atoms with Crippen LogP contribution in [0, 0.1) is 5.92 Å². The molecule has 0 aromatic carbocycles. The van der Waals surface area contributed by atoms with Gasteiger partial charge in [-0.25, -0.2) is 0 Å². The van der Waals surface area contributed by atoms with Crippen LogP contribution in [0.4, 0.5) is 0 Å². The van der Waals surface area contributed by atoms with Crippen LogP contribution in [0.5, 0.6) is 0 Å². The number of hydrogen-bond acceptors (Lipinski definition) is 3. The van der Waals surface area contributed by atoms with Crippen molar-refractivity contribution in [2.75, 3.05) is 19.6 Å². The van der Waals surface area contributed by atoms with Crippen LogP contribution < -0.4 is 5.32 Å². The van der Waals surface area contributed by atoms with Gasteiger partial charge in [0.15, 0.2) is 0 Å². The summed E-state index contributed by atoms with van der Waals surface area (Å²) < 4.78 is 2.02. The maximum absolute atomic E-state index is 4.30. The highest BCUT2D eigenvalue weighted by atomic mass is 15.3. The largest absolute Gasteiger partial charge is 0.317 e. The lowest BCUT2D eigenvalue weighted by molar-refractivity contribution is 0.0756. The SMILES string of the molecule is Cn1nccc1CN1CCCCC1C1CCNCC1. The van der Waals surface area contributed by atoms with Crippen LogP contribution in [-0.4, -0.2) is 40.4 Å². The predicted octanol–water partition coefficient (Wildman–Crippen LogP) is 1.77. The summed E-state index contributed by atoms with van der Waals surface area (Å²) in [5.74, 6) is 0.898. The summed E-state index contributed by atoms with van der Waals surface area (Å²) in [5.41, 5.74) is 1.35. The molecule has 4 nitrogen and oxygen atoms in total. The zero-order valence-corrected chi connectivity index (χ0v) is 12.0. The van der Waals surface area contributed by atoms with Crippen molar-refractivity contribution in [1.29, 1.82) is 0 Å². The number of aromatic nitrogens is 2. The van der Waals surface area contributed by atoms with Crippen molar-refractivity contribution in [2.24, 2.45) is 13.0 Å². The molecule has 3 heterocycles. The minimum Gasteiger partial charge on any atom is -0.317 e. The monoisotopic (exact) mass is 262 g/mol. The van der Waals surface area contributed by atoms with Crippen molar-refractivity contribution in [3.63, 3.8) is 0 Å². The number of nitrogens with zero attached hydrogens (tertiary/aromatic N) is 3. The number of piperidine rings is 2. The number of nitrogens with one attached hydrogen (secondary N) is 1. The van der Waals surface area contributed by atoms with E-state index in [1.54, 1.807) is 0 Å². The maximum Gasteiger partial charge on any atom is 0.0521 e. The Morgan fingerprint density at radius 2 is 2.11 bits per heavy atom. The average molecular weight is 262 g/mol. The molecule has 3 rings (SSSR count). The van der Waals surface area contributed by atoms with Crippen molar-refractivity contribution < 1.29 is 0 Å². The van der Waals surface area contributed by atoms with E-state index in [0.717, 1.165) is 18.5 Å².